The van der Waals surface area contributed by atoms with Crippen molar-refractivity contribution in [3.05, 3.63) is 59.7 Å². The van der Waals surface area contributed by atoms with Crippen LogP contribution in [0.3, 0.4) is 0 Å². The molecule has 0 radical (unpaired) electrons. The van der Waals surface area contributed by atoms with Crippen molar-refractivity contribution in [3.8, 4) is 11.5 Å². The molecule has 1 amide bonds. The maximum atomic E-state index is 13.2. The zero-order valence-corrected chi connectivity index (χ0v) is 15.6. The Kier molecular flexibility index (Phi) is 6.81. The number of methoxy groups -OCH3 is 1. The summed E-state index contributed by atoms with van der Waals surface area (Å²) in [7, 11) is 1.34. The van der Waals surface area contributed by atoms with Crippen LogP contribution in [0.15, 0.2) is 48.5 Å². The Balaban J connectivity index is 1.82. The van der Waals surface area contributed by atoms with Crippen molar-refractivity contribution in [1.82, 2.24) is 4.90 Å². The molecule has 0 saturated carbocycles. The van der Waals surface area contributed by atoms with Gasteiger partial charge in [0.15, 0.2) is 11.5 Å². The van der Waals surface area contributed by atoms with Crippen molar-refractivity contribution in [3.63, 3.8) is 0 Å². The number of halogens is 2. The van der Waals surface area contributed by atoms with E-state index in [0.29, 0.717) is 25.3 Å². The van der Waals surface area contributed by atoms with Gasteiger partial charge in [-0.3, -0.25) is 4.79 Å². The van der Waals surface area contributed by atoms with Gasteiger partial charge >= 0.3 is 6.61 Å². The fraction of sp³-hybridized carbons (Fsp3) is 0.381. The fourth-order valence-electron chi connectivity index (χ4n) is 3.23. The van der Waals surface area contributed by atoms with Crippen LogP contribution < -0.4 is 9.47 Å². The summed E-state index contributed by atoms with van der Waals surface area (Å²) in [5.74, 6) is -0.244. The molecule has 0 aromatic heterocycles. The Morgan fingerprint density at radius 3 is 2.64 bits per heavy atom. The molecular formula is C21H23F2NO4. The molecule has 0 N–H and O–H groups in total. The van der Waals surface area contributed by atoms with Crippen molar-refractivity contribution < 1.29 is 27.8 Å². The summed E-state index contributed by atoms with van der Waals surface area (Å²) in [6, 6.07) is 13.9. The van der Waals surface area contributed by atoms with E-state index in [4.69, 9.17) is 9.47 Å². The van der Waals surface area contributed by atoms with Gasteiger partial charge in [0.2, 0.25) is 0 Å². The largest absolute Gasteiger partial charge is 0.493 e. The normalized spacial score (nSPS) is 16.2. The molecule has 2 aromatic rings. The van der Waals surface area contributed by atoms with Crippen molar-refractivity contribution in [2.75, 3.05) is 20.3 Å². The number of amides is 1. The number of benzene rings is 2. The molecule has 28 heavy (non-hydrogen) atoms. The minimum absolute atomic E-state index is 0.00371. The average Bonchev–Trinajstić information content (AvgIpc) is 3.21. The Hall–Kier alpha value is -2.67. The van der Waals surface area contributed by atoms with Gasteiger partial charge < -0.3 is 19.1 Å². The number of nitrogens with zero attached hydrogens (tertiary/aromatic N) is 1. The fourth-order valence-corrected chi connectivity index (χ4v) is 3.23. The summed E-state index contributed by atoms with van der Waals surface area (Å²) in [6.07, 6.45) is 1.88. The van der Waals surface area contributed by atoms with E-state index in [9.17, 15) is 13.6 Å². The summed E-state index contributed by atoms with van der Waals surface area (Å²) < 4.78 is 40.3. The van der Waals surface area contributed by atoms with E-state index in [-0.39, 0.29) is 23.5 Å². The van der Waals surface area contributed by atoms with Gasteiger partial charge in [0.25, 0.3) is 5.91 Å². The third kappa shape index (κ3) is 5.19. The molecule has 2 aromatic carbocycles. The zero-order valence-electron chi connectivity index (χ0n) is 15.6. The van der Waals surface area contributed by atoms with Crippen molar-refractivity contribution in [1.29, 1.82) is 0 Å². The van der Waals surface area contributed by atoms with Crippen LogP contribution >= 0.6 is 0 Å². The average molecular weight is 391 g/mol. The first kappa shape index (κ1) is 20.1. The van der Waals surface area contributed by atoms with Gasteiger partial charge in [-0.2, -0.15) is 8.78 Å². The third-order valence-corrected chi connectivity index (χ3v) is 4.58. The van der Waals surface area contributed by atoms with Gasteiger partial charge in [0, 0.05) is 25.3 Å². The van der Waals surface area contributed by atoms with Gasteiger partial charge in [-0.15, -0.1) is 0 Å². The minimum atomic E-state index is -2.97. The number of rotatable bonds is 8. The Morgan fingerprint density at radius 1 is 1.21 bits per heavy atom. The van der Waals surface area contributed by atoms with Crippen LogP contribution in [-0.2, 0) is 11.3 Å². The maximum absolute atomic E-state index is 13.2. The second-order valence-electron chi connectivity index (χ2n) is 6.55. The Bertz CT molecular complexity index is 779. The molecule has 0 bridgehead atoms. The Labute approximate surface area is 162 Å². The SMILES string of the molecule is COc1cc(C(=O)N(Cc2ccccc2)CC2CCCO2)ccc1OC(F)F. The highest BCUT2D eigenvalue weighted by Crippen LogP contribution is 2.30. The lowest BCUT2D eigenvalue weighted by Crippen LogP contribution is -2.37. The monoisotopic (exact) mass is 391 g/mol. The van der Waals surface area contributed by atoms with Gasteiger partial charge in [-0.25, -0.2) is 0 Å². The number of carbonyl (C=O) groups is 1. The number of hydrogen-bond donors (Lipinski definition) is 0. The van der Waals surface area contributed by atoms with Crippen molar-refractivity contribution in [2.45, 2.75) is 32.1 Å². The first-order chi connectivity index (χ1) is 13.6. The topological polar surface area (TPSA) is 48.0 Å². The van der Waals surface area contributed by atoms with E-state index in [2.05, 4.69) is 4.74 Å². The van der Waals surface area contributed by atoms with Gasteiger partial charge in [-0.1, -0.05) is 30.3 Å². The van der Waals surface area contributed by atoms with Crippen LogP contribution in [0.25, 0.3) is 0 Å². The van der Waals surface area contributed by atoms with E-state index < -0.39 is 6.61 Å². The van der Waals surface area contributed by atoms with Crippen LogP contribution in [-0.4, -0.2) is 43.8 Å². The van der Waals surface area contributed by atoms with Crippen LogP contribution in [0.1, 0.15) is 28.8 Å². The molecule has 1 unspecified atom stereocenters. The summed E-state index contributed by atoms with van der Waals surface area (Å²) >= 11 is 0. The second kappa shape index (κ2) is 9.50. The first-order valence-electron chi connectivity index (χ1n) is 9.14. The minimum Gasteiger partial charge on any atom is -0.493 e. The van der Waals surface area contributed by atoms with E-state index in [1.807, 2.05) is 30.3 Å². The van der Waals surface area contributed by atoms with Crippen molar-refractivity contribution in [2.24, 2.45) is 0 Å². The summed E-state index contributed by atoms with van der Waals surface area (Å²) in [5, 5.41) is 0. The summed E-state index contributed by atoms with van der Waals surface area (Å²) in [5.41, 5.74) is 1.34. The van der Waals surface area contributed by atoms with Gasteiger partial charge in [0.05, 0.1) is 13.2 Å². The molecule has 0 aliphatic carbocycles. The number of alkyl halides is 2. The molecule has 7 heteroatoms. The van der Waals surface area contributed by atoms with E-state index in [1.165, 1.54) is 25.3 Å². The molecule has 3 rings (SSSR count). The maximum Gasteiger partial charge on any atom is 0.387 e. The lowest BCUT2D eigenvalue weighted by molar-refractivity contribution is -0.0512. The van der Waals surface area contributed by atoms with E-state index >= 15 is 0 Å². The summed E-state index contributed by atoms with van der Waals surface area (Å²) in [6.45, 7) is -1.38. The Morgan fingerprint density at radius 2 is 2.00 bits per heavy atom. The number of hydrogen-bond acceptors (Lipinski definition) is 4. The highest BCUT2D eigenvalue weighted by molar-refractivity contribution is 5.95. The quantitative estimate of drug-likeness (QED) is 0.679. The molecule has 0 spiro atoms. The van der Waals surface area contributed by atoms with E-state index in [1.54, 1.807) is 4.90 Å². The highest BCUT2D eigenvalue weighted by Gasteiger charge is 2.24. The predicted octanol–water partition coefficient (Wildman–Crippen LogP) is 4.12. The van der Waals surface area contributed by atoms with E-state index in [0.717, 1.165) is 18.4 Å². The molecule has 1 saturated heterocycles. The second-order valence-corrected chi connectivity index (χ2v) is 6.55. The molecule has 5 nitrogen and oxygen atoms in total. The van der Waals surface area contributed by atoms with Crippen LogP contribution in [0.2, 0.25) is 0 Å². The molecule has 1 fully saturated rings. The predicted molar refractivity (Wildman–Crippen MR) is 99.8 cm³/mol. The lowest BCUT2D eigenvalue weighted by atomic mass is 10.1. The standard InChI is InChI=1S/C21H23F2NO4/c1-26-19-12-16(9-10-18(19)28-21(22)23)20(25)24(14-17-8-5-11-27-17)13-15-6-3-2-4-7-15/h2-4,6-7,9-10,12,17,21H,5,8,11,13-14H2,1H3. The van der Waals surface area contributed by atoms with Crippen LogP contribution in [0.4, 0.5) is 8.78 Å². The lowest BCUT2D eigenvalue weighted by Gasteiger charge is -2.26. The third-order valence-electron chi connectivity index (χ3n) is 4.58. The first-order valence-corrected chi connectivity index (χ1v) is 9.14. The zero-order chi connectivity index (χ0) is 19.9. The molecule has 1 aliphatic rings. The molecule has 1 heterocycles. The molecule has 1 atom stereocenters. The van der Waals surface area contributed by atoms with Crippen LogP contribution in [0, 0.1) is 0 Å². The summed E-state index contributed by atoms with van der Waals surface area (Å²) in [4.78, 5) is 14.9. The molecule has 150 valence electrons. The highest BCUT2D eigenvalue weighted by atomic mass is 19.3. The number of carbonyl (C=O) groups excluding carboxylic acids is 1. The van der Waals surface area contributed by atoms with Crippen LogP contribution in [0.5, 0.6) is 11.5 Å². The number of ether oxygens (including phenoxy) is 3. The molecular weight excluding hydrogens is 368 g/mol. The smallest absolute Gasteiger partial charge is 0.387 e. The molecule has 1 aliphatic heterocycles. The van der Waals surface area contributed by atoms with Gasteiger partial charge in [-0.05, 0) is 36.6 Å². The van der Waals surface area contributed by atoms with Gasteiger partial charge in [0.1, 0.15) is 0 Å². The van der Waals surface area contributed by atoms with Crippen molar-refractivity contribution >= 4 is 5.91 Å².